The predicted molar refractivity (Wildman–Crippen MR) is 58.6 cm³/mol. The van der Waals surface area contributed by atoms with Crippen molar-refractivity contribution in [2.45, 2.75) is 29.7 Å². The quantitative estimate of drug-likeness (QED) is 0.766. The van der Waals surface area contributed by atoms with Crippen LogP contribution >= 0.6 is 11.8 Å². The van der Waals surface area contributed by atoms with Crippen LogP contribution in [0.4, 0.5) is 0 Å². The van der Waals surface area contributed by atoms with Crippen molar-refractivity contribution >= 4 is 11.8 Å². The van der Waals surface area contributed by atoms with E-state index in [1.54, 1.807) is 24.0 Å². The second-order valence-electron chi connectivity index (χ2n) is 3.52. The molecule has 0 amide bonds. The van der Waals surface area contributed by atoms with Gasteiger partial charge in [0.1, 0.15) is 6.07 Å². The van der Waals surface area contributed by atoms with Gasteiger partial charge in [-0.15, -0.1) is 11.8 Å². The molecular formula is C11H12N2OS. The summed E-state index contributed by atoms with van der Waals surface area (Å²) in [5.74, 6) is 0. The van der Waals surface area contributed by atoms with Gasteiger partial charge in [-0.2, -0.15) is 5.26 Å². The van der Waals surface area contributed by atoms with Gasteiger partial charge in [-0.3, -0.25) is 0 Å². The first kappa shape index (κ1) is 10.5. The normalized spacial score (nSPS) is 25.1. The monoisotopic (exact) mass is 220 g/mol. The summed E-state index contributed by atoms with van der Waals surface area (Å²) in [7, 11) is 0. The largest absolute Gasteiger partial charge is 0.377 e. The molecule has 2 unspecified atom stereocenters. The Hall–Kier alpha value is -1.05. The third-order valence-electron chi connectivity index (χ3n) is 2.44. The molecule has 15 heavy (non-hydrogen) atoms. The molecule has 0 saturated carbocycles. The molecule has 3 nitrogen and oxygen atoms in total. The van der Waals surface area contributed by atoms with Gasteiger partial charge in [0.15, 0.2) is 0 Å². The van der Waals surface area contributed by atoms with Gasteiger partial charge in [0.2, 0.25) is 0 Å². The molecule has 1 aliphatic heterocycles. The number of hydrogen-bond donors (Lipinski definition) is 0. The smallest absolute Gasteiger partial charge is 0.101 e. The van der Waals surface area contributed by atoms with Crippen LogP contribution in [0.1, 0.15) is 18.9 Å². The Kier molecular flexibility index (Phi) is 3.24. The highest BCUT2D eigenvalue weighted by molar-refractivity contribution is 7.99. The number of aromatic nitrogens is 1. The van der Waals surface area contributed by atoms with Gasteiger partial charge in [-0.05, 0) is 25.5 Å². The fourth-order valence-corrected chi connectivity index (χ4v) is 2.59. The van der Waals surface area contributed by atoms with E-state index >= 15 is 0 Å². The second-order valence-corrected chi connectivity index (χ2v) is 4.78. The number of nitrogens with zero attached hydrogens (tertiary/aromatic N) is 2. The molecule has 0 aliphatic carbocycles. The van der Waals surface area contributed by atoms with Crippen LogP contribution in [0, 0.1) is 11.3 Å². The van der Waals surface area contributed by atoms with E-state index in [0.29, 0.717) is 16.9 Å². The lowest BCUT2D eigenvalue weighted by Gasteiger charge is -2.12. The number of thioether (sulfide) groups is 1. The van der Waals surface area contributed by atoms with Gasteiger partial charge in [0.25, 0.3) is 0 Å². The summed E-state index contributed by atoms with van der Waals surface area (Å²) >= 11 is 1.73. The first-order valence-electron chi connectivity index (χ1n) is 4.94. The number of nitriles is 1. The molecule has 2 heterocycles. The van der Waals surface area contributed by atoms with Gasteiger partial charge < -0.3 is 4.74 Å². The highest BCUT2D eigenvalue weighted by Gasteiger charge is 2.25. The van der Waals surface area contributed by atoms with Crippen LogP contribution < -0.4 is 0 Å². The maximum atomic E-state index is 8.64. The highest BCUT2D eigenvalue weighted by Crippen LogP contribution is 2.31. The van der Waals surface area contributed by atoms with Gasteiger partial charge in [-0.1, -0.05) is 0 Å². The van der Waals surface area contributed by atoms with Crippen LogP contribution in [0.15, 0.2) is 23.4 Å². The highest BCUT2D eigenvalue weighted by atomic mass is 32.2. The molecule has 1 aromatic rings. The van der Waals surface area contributed by atoms with Crippen LogP contribution in [0.25, 0.3) is 0 Å². The molecular weight excluding hydrogens is 208 g/mol. The lowest BCUT2D eigenvalue weighted by atomic mass is 10.3. The van der Waals surface area contributed by atoms with Crippen molar-refractivity contribution in [1.82, 2.24) is 4.98 Å². The Labute approximate surface area is 93.5 Å². The van der Waals surface area contributed by atoms with Crippen molar-refractivity contribution in [3.8, 4) is 6.07 Å². The molecule has 2 rings (SSSR count). The number of hydrogen-bond acceptors (Lipinski definition) is 4. The molecule has 2 atom stereocenters. The second kappa shape index (κ2) is 4.65. The summed E-state index contributed by atoms with van der Waals surface area (Å²) in [5, 5.41) is 10.1. The third kappa shape index (κ3) is 2.49. The molecule has 1 fully saturated rings. The topological polar surface area (TPSA) is 45.9 Å². The lowest BCUT2D eigenvalue weighted by molar-refractivity contribution is 0.127. The Morgan fingerprint density at radius 1 is 1.60 bits per heavy atom. The maximum absolute atomic E-state index is 8.64. The van der Waals surface area contributed by atoms with E-state index in [4.69, 9.17) is 10.00 Å². The van der Waals surface area contributed by atoms with Crippen molar-refractivity contribution in [3.05, 3.63) is 23.9 Å². The van der Waals surface area contributed by atoms with Crippen LogP contribution in [0.5, 0.6) is 0 Å². The van der Waals surface area contributed by atoms with Crippen molar-refractivity contribution in [2.24, 2.45) is 0 Å². The van der Waals surface area contributed by atoms with E-state index in [0.717, 1.165) is 18.1 Å². The zero-order valence-electron chi connectivity index (χ0n) is 8.51. The molecule has 1 saturated heterocycles. The molecule has 78 valence electrons. The van der Waals surface area contributed by atoms with E-state index in [2.05, 4.69) is 18.0 Å². The summed E-state index contributed by atoms with van der Waals surface area (Å²) in [4.78, 5) is 4.23. The van der Waals surface area contributed by atoms with E-state index in [1.807, 2.05) is 6.07 Å². The number of ether oxygens (including phenoxy) is 1. The minimum absolute atomic E-state index is 0.299. The van der Waals surface area contributed by atoms with E-state index in [9.17, 15) is 0 Å². The standard InChI is InChI=1S/C11H12N2OS/c1-8-10(4-5-14-8)15-11-3-2-9(6-12)7-13-11/h2-3,7-8,10H,4-5H2,1H3. The number of rotatable bonds is 2. The van der Waals surface area contributed by atoms with Crippen LogP contribution in [-0.2, 0) is 4.74 Å². The van der Waals surface area contributed by atoms with Crippen LogP contribution in [-0.4, -0.2) is 22.9 Å². The van der Waals surface area contributed by atoms with Crippen molar-refractivity contribution in [1.29, 1.82) is 5.26 Å². The zero-order valence-corrected chi connectivity index (χ0v) is 9.33. The van der Waals surface area contributed by atoms with E-state index in [1.165, 1.54) is 0 Å². The Morgan fingerprint density at radius 3 is 3.00 bits per heavy atom. The molecule has 0 bridgehead atoms. The average molecular weight is 220 g/mol. The molecule has 0 aromatic carbocycles. The van der Waals surface area contributed by atoms with E-state index < -0.39 is 0 Å². The molecule has 1 aromatic heterocycles. The summed E-state index contributed by atoms with van der Waals surface area (Å²) in [6.07, 6.45) is 2.99. The summed E-state index contributed by atoms with van der Waals surface area (Å²) < 4.78 is 5.48. The molecule has 1 aliphatic rings. The third-order valence-corrected chi connectivity index (χ3v) is 3.85. The van der Waals surface area contributed by atoms with Gasteiger partial charge in [-0.25, -0.2) is 4.98 Å². The maximum Gasteiger partial charge on any atom is 0.101 e. The minimum atomic E-state index is 0.299. The zero-order chi connectivity index (χ0) is 10.7. The molecule has 0 spiro atoms. The van der Waals surface area contributed by atoms with Crippen LogP contribution in [0.3, 0.4) is 0 Å². The van der Waals surface area contributed by atoms with Crippen LogP contribution in [0.2, 0.25) is 0 Å². The summed E-state index contributed by atoms with van der Waals surface area (Å²) in [5.41, 5.74) is 0.607. The Balaban J connectivity index is 2.02. The summed E-state index contributed by atoms with van der Waals surface area (Å²) in [6, 6.07) is 5.76. The van der Waals surface area contributed by atoms with Gasteiger partial charge in [0.05, 0.1) is 16.7 Å². The average Bonchev–Trinajstić information content (AvgIpc) is 2.66. The molecule has 0 N–H and O–H groups in total. The van der Waals surface area contributed by atoms with E-state index in [-0.39, 0.29) is 0 Å². The van der Waals surface area contributed by atoms with Crippen molar-refractivity contribution < 1.29 is 4.74 Å². The summed E-state index contributed by atoms with van der Waals surface area (Å²) in [6.45, 7) is 2.93. The Morgan fingerprint density at radius 2 is 2.47 bits per heavy atom. The SMILES string of the molecule is CC1OCCC1Sc1ccc(C#N)cn1. The van der Waals surface area contributed by atoms with Crippen molar-refractivity contribution in [2.75, 3.05) is 6.61 Å². The van der Waals surface area contributed by atoms with Crippen molar-refractivity contribution in [3.63, 3.8) is 0 Å². The first-order chi connectivity index (χ1) is 7.29. The predicted octanol–water partition coefficient (Wildman–Crippen LogP) is 2.22. The molecule has 4 heteroatoms. The Bertz CT molecular complexity index is 371. The molecule has 0 radical (unpaired) electrons. The fourth-order valence-electron chi connectivity index (χ4n) is 1.54. The first-order valence-corrected chi connectivity index (χ1v) is 5.82. The number of pyridine rings is 1. The lowest BCUT2D eigenvalue weighted by Crippen LogP contribution is -2.13. The fraction of sp³-hybridized carbons (Fsp3) is 0.455. The minimum Gasteiger partial charge on any atom is -0.377 e. The van der Waals surface area contributed by atoms with Gasteiger partial charge in [0, 0.05) is 18.1 Å². The van der Waals surface area contributed by atoms with Gasteiger partial charge >= 0.3 is 0 Å².